The first kappa shape index (κ1) is 7.03. The molecule has 2 aromatic rings. The van der Waals surface area contributed by atoms with Crippen molar-refractivity contribution in [3.8, 4) is 0 Å². The molecule has 1 aromatic carbocycles. The molecule has 0 atom stereocenters. The summed E-state index contributed by atoms with van der Waals surface area (Å²) >= 11 is 0. The highest BCUT2D eigenvalue weighted by Crippen LogP contribution is 2.18. The second-order valence-corrected chi connectivity index (χ2v) is 2.80. The molecule has 0 aliphatic heterocycles. The lowest BCUT2D eigenvalue weighted by Crippen LogP contribution is -1.91. The van der Waals surface area contributed by atoms with Crippen LogP contribution < -0.4 is 5.73 Å². The van der Waals surface area contributed by atoms with E-state index in [4.69, 9.17) is 5.73 Å². The van der Waals surface area contributed by atoms with Gasteiger partial charge in [-0.1, -0.05) is 0 Å². The quantitative estimate of drug-likeness (QED) is 0.593. The molecule has 60 valence electrons. The number of aromatic nitrogens is 2. The highest BCUT2D eigenvalue weighted by atomic mass is 15.1. The average molecular weight is 159 g/mol. The van der Waals surface area contributed by atoms with Gasteiger partial charge in [-0.2, -0.15) is 10.2 Å². The predicted molar refractivity (Wildman–Crippen MR) is 48.7 cm³/mol. The molecule has 0 spiro atoms. The maximum absolute atomic E-state index is 5.74. The fourth-order valence-electron chi connectivity index (χ4n) is 1.16. The van der Waals surface area contributed by atoms with Gasteiger partial charge in [0.2, 0.25) is 0 Å². The molecule has 3 nitrogen and oxygen atoms in total. The topological polar surface area (TPSA) is 51.8 Å². The summed E-state index contributed by atoms with van der Waals surface area (Å²) in [6.45, 7) is 1.96. The largest absolute Gasteiger partial charge is 0.398 e. The summed E-state index contributed by atoms with van der Waals surface area (Å²) in [7, 11) is 0. The molecular weight excluding hydrogens is 150 g/mol. The van der Waals surface area contributed by atoms with Crippen LogP contribution in [0.4, 0.5) is 5.69 Å². The van der Waals surface area contributed by atoms with Crippen molar-refractivity contribution < 1.29 is 0 Å². The Labute approximate surface area is 70.2 Å². The van der Waals surface area contributed by atoms with Crippen molar-refractivity contribution in [3.63, 3.8) is 0 Å². The van der Waals surface area contributed by atoms with Gasteiger partial charge in [-0.05, 0) is 30.7 Å². The molecule has 0 saturated heterocycles. The van der Waals surface area contributed by atoms with Crippen LogP contribution >= 0.6 is 0 Å². The third kappa shape index (κ3) is 0.993. The predicted octanol–water partition coefficient (Wildman–Crippen LogP) is 1.52. The Kier molecular flexibility index (Phi) is 1.43. The normalized spacial score (nSPS) is 10.4. The minimum atomic E-state index is 0.801. The van der Waals surface area contributed by atoms with Crippen molar-refractivity contribution in [3.05, 3.63) is 30.0 Å². The molecule has 0 radical (unpaired) electrons. The molecule has 1 heterocycles. The number of anilines is 1. The lowest BCUT2D eigenvalue weighted by atomic mass is 10.1. The highest BCUT2D eigenvalue weighted by molar-refractivity contribution is 5.82. The fraction of sp³-hybridized carbons (Fsp3) is 0.111. The van der Waals surface area contributed by atoms with Gasteiger partial charge in [0.15, 0.2) is 0 Å². The van der Waals surface area contributed by atoms with E-state index in [0.717, 1.165) is 22.2 Å². The summed E-state index contributed by atoms with van der Waals surface area (Å²) in [6, 6.07) is 5.76. The average Bonchev–Trinajstić information content (AvgIpc) is 2.07. The number of aryl methyl sites for hydroxylation is 1. The SMILES string of the molecule is Cc1cc2nnccc2cc1N. The Morgan fingerprint density at radius 1 is 1.33 bits per heavy atom. The molecule has 2 rings (SSSR count). The molecule has 0 fully saturated rings. The summed E-state index contributed by atoms with van der Waals surface area (Å²) in [5.74, 6) is 0. The first-order valence-electron chi connectivity index (χ1n) is 3.75. The van der Waals surface area contributed by atoms with Gasteiger partial charge in [0, 0.05) is 11.1 Å². The summed E-state index contributed by atoms with van der Waals surface area (Å²) in [4.78, 5) is 0. The smallest absolute Gasteiger partial charge is 0.0933 e. The number of nitrogens with two attached hydrogens (primary N) is 1. The van der Waals surface area contributed by atoms with Crippen molar-refractivity contribution in [2.75, 3.05) is 5.73 Å². The number of rotatable bonds is 0. The van der Waals surface area contributed by atoms with Crippen molar-refractivity contribution in [2.24, 2.45) is 0 Å². The minimum absolute atomic E-state index is 0.801. The van der Waals surface area contributed by atoms with E-state index < -0.39 is 0 Å². The van der Waals surface area contributed by atoms with Gasteiger partial charge in [0.05, 0.1) is 11.7 Å². The van der Waals surface area contributed by atoms with E-state index in [9.17, 15) is 0 Å². The number of fused-ring (bicyclic) bond motifs is 1. The maximum atomic E-state index is 5.74. The van der Waals surface area contributed by atoms with Crippen LogP contribution in [0, 0.1) is 6.92 Å². The second kappa shape index (κ2) is 2.44. The Bertz CT molecular complexity index is 383. The van der Waals surface area contributed by atoms with E-state index in [1.165, 1.54) is 0 Å². The fourth-order valence-corrected chi connectivity index (χ4v) is 1.16. The Morgan fingerprint density at radius 3 is 3.00 bits per heavy atom. The molecule has 2 N–H and O–H groups in total. The van der Waals surface area contributed by atoms with E-state index in [-0.39, 0.29) is 0 Å². The van der Waals surface area contributed by atoms with Gasteiger partial charge in [-0.15, -0.1) is 0 Å². The Hall–Kier alpha value is -1.64. The molecule has 0 unspecified atom stereocenters. The lowest BCUT2D eigenvalue weighted by Gasteiger charge is -2.00. The minimum Gasteiger partial charge on any atom is -0.398 e. The standard InChI is InChI=1S/C9H9N3/c1-6-4-9-7(5-8(6)10)2-3-11-12-9/h2-5H,10H2,1H3. The van der Waals surface area contributed by atoms with Gasteiger partial charge < -0.3 is 5.73 Å². The summed E-state index contributed by atoms with van der Waals surface area (Å²) in [6.07, 6.45) is 1.66. The molecule has 0 aliphatic carbocycles. The van der Waals surface area contributed by atoms with Crippen molar-refractivity contribution in [2.45, 2.75) is 6.92 Å². The third-order valence-electron chi connectivity index (χ3n) is 1.90. The van der Waals surface area contributed by atoms with Crippen molar-refractivity contribution in [1.29, 1.82) is 0 Å². The highest BCUT2D eigenvalue weighted by Gasteiger charge is 1.97. The third-order valence-corrected chi connectivity index (χ3v) is 1.90. The summed E-state index contributed by atoms with van der Waals surface area (Å²) < 4.78 is 0. The van der Waals surface area contributed by atoms with Crippen LogP contribution in [0.25, 0.3) is 10.9 Å². The Morgan fingerprint density at radius 2 is 2.17 bits per heavy atom. The molecule has 0 bridgehead atoms. The van der Waals surface area contributed by atoms with Crippen molar-refractivity contribution in [1.82, 2.24) is 10.2 Å². The van der Waals surface area contributed by atoms with E-state index >= 15 is 0 Å². The van der Waals surface area contributed by atoms with Crippen LogP contribution in [0.5, 0.6) is 0 Å². The van der Waals surface area contributed by atoms with Gasteiger partial charge >= 0.3 is 0 Å². The molecular formula is C9H9N3. The number of nitrogen functional groups attached to an aromatic ring is 1. The zero-order valence-corrected chi connectivity index (χ0v) is 6.78. The van der Waals surface area contributed by atoms with Gasteiger partial charge in [-0.25, -0.2) is 0 Å². The van der Waals surface area contributed by atoms with E-state index in [2.05, 4.69) is 10.2 Å². The summed E-state index contributed by atoms with van der Waals surface area (Å²) in [5.41, 5.74) is 8.48. The van der Waals surface area contributed by atoms with Gasteiger partial charge in [-0.3, -0.25) is 0 Å². The van der Waals surface area contributed by atoms with Crippen LogP contribution in [-0.2, 0) is 0 Å². The van der Waals surface area contributed by atoms with Crippen LogP contribution in [0.3, 0.4) is 0 Å². The zero-order chi connectivity index (χ0) is 8.55. The number of hydrogen-bond donors (Lipinski definition) is 1. The molecule has 0 amide bonds. The monoisotopic (exact) mass is 159 g/mol. The Balaban J connectivity index is 2.84. The summed E-state index contributed by atoms with van der Waals surface area (Å²) in [5, 5.41) is 8.81. The molecule has 1 aromatic heterocycles. The van der Waals surface area contributed by atoms with Crippen LogP contribution in [0.2, 0.25) is 0 Å². The van der Waals surface area contributed by atoms with Crippen LogP contribution in [-0.4, -0.2) is 10.2 Å². The van der Waals surface area contributed by atoms with E-state index in [1.54, 1.807) is 6.20 Å². The number of nitrogens with zero attached hydrogens (tertiary/aromatic N) is 2. The van der Waals surface area contributed by atoms with E-state index in [0.29, 0.717) is 0 Å². The second-order valence-electron chi connectivity index (χ2n) is 2.80. The molecule has 3 heteroatoms. The molecule has 0 aliphatic rings. The number of benzene rings is 1. The first-order valence-corrected chi connectivity index (χ1v) is 3.75. The van der Waals surface area contributed by atoms with Crippen molar-refractivity contribution >= 4 is 16.6 Å². The first-order chi connectivity index (χ1) is 5.77. The maximum Gasteiger partial charge on any atom is 0.0933 e. The van der Waals surface area contributed by atoms with E-state index in [1.807, 2.05) is 25.1 Å². The lowest BCUT2D eigenvalue weighted by molar-refractivity contribution is 1.07. The molecule has 0 saturated carbocycles. The van der Waals surface area contributed by atoms with Crippen LogP contribution in [0.1, 0.15) is 5.56 Å². The van der Waals surface area contributed by atoms with Gasteiger partial charge in [0.25, 0.3) is 0 Å². The number of hydrogen-bond acceptors (Lipinski definition) is 3. The van der Waals surface area contributed by atoms with Crippen LogP contribution in [0.15, 0.2) is 24.4 Å². The molecule has 12 heavy (non-hydrogen) atoms. The zero-order valence-electron chi connectivity index (χ0n) is 6.78. The van der Waals surface area contributed by atoms with Gasteiger partial charge in [0.1, 0.15) is 0 Å².